The van der Waals surface area contributed by atoms with Crippen molar-refractivity contribution in [3.8, 4) is 11.5 Å². The number of rotatable bonds is 9. The summed E-state index contributed by atoms with van der Waals surface area (Å²) in [6, 6.07) is 18.4. The molecule has 0 saturated heterocycles. The Labute approximate surface area is 210 Å². The molecule has 1 heterocycles. The molecule has 1 aromatic heterocycles. The van der Waals surface area contributed by atoms with Gasteiger partial charge < -0.3 is 14.5 Å². The van der Waals surface area contributed by atoms with Crippen molar-refractivity contribution in [2.24, 2.45) is 5.10 Å². The summed E-state index contributed by atoms with van der Waals surface area (Å²) >= 11 is 3.44. The van der Waals surface area contributed by atoms with Gasteiger partial charge in [0, 0.05) is 10.0 Å². The number of H-pyrrole nitrogens is 1. The van der Waals surface area contributed by atoms with E-state index in [1.54, 1.807) is 36.4 Å². The van der Waals surface area contributed by atoms with Gasteiger partial charge in [0.15, 0.2) is 11.5 Å². The zero-order valence-corrected chi connectivity index (χ0v) is 20.7. The van der Waals surface area contributed by atoms with Crippen LogP contribution in [0.1, 0.15) is 23.6 Å². The number of ether oxygens (including phenoxy) is 2. The molecule has 0 spiro atoms. The Morgan fingerprint density at radius 2 is 1.86 bits per heavy atom. The van der Waals surface area contributed by atoms with Crippen molar-refractivity contribution in [2.75, 3.05) is 6.61 Å². The molecule has 8 heteroatoms. The molecule has 0 unspecified atom stereocenters. The number of benzene rings is 3. The van der Waals surface area contributed by atoms with Gasteiger partial charge in [0.1, 0.15) is 6.61 Å². The van der Waals surface area contributed by atoms with E-state index in [0.29, 0.717) is 47.6 Å². The molecule has 0 fully saturated rings. The number of aromatic amines is 1. The normalized spacial score (nSPS) is 11.1. The maximum Gasteiger partial charge on any atom is 0.349 e. The monoisotopic (exact) mass is 533 g/mol. The molecular weight excluding hydrogens is 510 g/mol. The number of allylic oxidation sites excluding steroid dienone is 1. The van der Waals surface area contributed by atoms with Crippen LogP contribution in [0.3, 0.4) is 0 Å². The lowest BCUT2D eigenvalue weighted by Crippen LogP contribution is -2.32. The van der Waals surface area contributed by atoms with Gasteiger partial charge in [-0.3, -0.25) is 4.79 Å². The minimum Gasteiger partial charge on any atom is -0.490 e. The van der Waals surface area contributed by atoms with Crippen LogP contribution in [-0.4, -0.2) is 22.5 Å². The van der Waals surface area contributed by atoms with E-state index in [0.717, 1.165) is 20.3 Å². The lowest BCUT2D eigenvalue weighted by molar-refractivity contribution is 0.267. The first-order valence-corrected chi connectivity index (χ1v) is 11.9. The smallest absolute Gasteiger partial charge is 0.349 e. The van der Waals surface area contributed by atoms with Crippen molar-refractivity contribution in [2.45, 2.75) is 20.0 Å². The first kappa shape index (κ1) is 24.2. The predicted molar refractivity (Wildman–Crippen MR) is 142 cm³/mol. The summed E-state index contributed by atoms with van der Waals surface area (Å²) in [6.45, 7) is 6.54. The number of hydrogen-bond acceptors (Lipinski definition) is 5. The second-order valence-corrected chi connectivity index (χ2v) is 8.60. The first-order valence-electron chi connectivity index (χ1n) is 11.1. The van der Waals surface area contributed by atoms with Crippen LogP contribution in [0.4, 0.5) is 0 Å². The highest BCUT2D eigenvalue weighted by Gasteiger charge is 2.14. The summed E-state index contributed by atoms with van der Waals surface area (Å²) in [4.78, 5) is 27.9. The standard InChI is InChI=1S/C27H24BrN3O4/c1-3-7-20-14-19(16-29-31-26(32)22-8-5-6-9-23(22)30-27(31)33)15-24(34-4-2)25(20)35-17-18-10-12-21(28)13-11-18/h3,5-6,8-16H,1,4,7,17H2,2H3,(H,30,33). The van der Waals surface area contributed by atoms with Crippen molar-refractivity contribution in [3.05, 3.63) is 115 Å². The number of halogens is 1. The molecule has 4 aromatic rings. The van der Waals surface area contributed by atoms with E-state index in [9.17, 15) is 9.59 Å². The van der Waals surface area contributed by atoms with E-state index in [1.165, 1.54) is 6.21 Å². The highest BCUT2D eigenvalue weighted by molar-refractivity contribution is 9.10. The third-order valence-corrected chi connectivity index (χ3v) is 5.75. The lowest BCUT2D eigenvalue weighted by atomic mass is 10.1. The minimum absolute atomic E-state index is 0.368. The summed E-state index contributed by atoms with van der Waals surface area (Å²) in [6.07, 6.45) is 3.77. The molecule has 7 nitrogen and oxygen atoms in total. The number of fused-ring (bicyclic) bond motifs is 1. The Balaban J connectivity index is 1.70. The quantitative estimate of drug-likeness (QED) is 0.241. The van der Waals surface area contributed by atoms with Gasteiger partial charge in [0.05, 0.1) is 23.7 Å². The number of aromatic nitrogens is 2. The molecule has 0 aliphatic heterocycles. The average molecular weight is 534 g/mol. The Morgan fingerprint density at radius 3 is 2.60 bits per heavy atom. The van der Waals surface area contributed by atoms with Gasteiger partial charge >= 0.3 is 5.69 Å². The van der Waals surface area contributed by atoms with E-state index in [1.807, 2.05) is 37.3 Å². The molecule has 0 amide bonds. The van der Waals surface area contributed by atoms with Crippen LogP contribution >= 0.6 is 15.9 Å². The van der Waals surface area contributed by atoms with Gasteiger partial charge in [-0.25, -0.2) is 4.79 Å². The average Bonchev–Trinajstić information content (AvgIpc) is 2.85. The summed E-state index contributed by atoms with van der Waals surface area (Å²) in [7, 11) is 0. The van der Waals surface area contributed by atoms with E-state index in [4.69, 9.17) is 9.47 Å². The van der Waals surface area contributed by atoms with Crippen LogP contribution in [0, 0.1) is 0 Å². The van der Waals surface area contributed by atoms with Crippen molar-refractivity contribution in [1.82, 2.24) is 9.66 Å². The summed E-state index contributed by atoms with van der Waals surface area (Å²) in [5.41, 5.74) is 1.88. The van der Waals surface area contributed by atoms with Crippen LogP contribution in [0.15, 0.2) is 92.5 Å². The van der Waals surface area contributed by atoms with E-state index in [2.05, 4.69) is 32.6 Å². The molecule has 0 bridgehead atoms. The molecule has 178 valence electrons. The molecule has 0 saturated carbocycles. The highest BCUT2D eigenvalue weighted by Crippen LogP contribution is 2.34. The Bertz CT molecular complexity index is 1500. The van der Waals surface area contributed by atoms with Gasteiger partial charge in [-0.15, -0.1) is 11.3 Å². The Kier molecular flexibility index (Phi) is 7.62. The molecule has 0 aliphatic carbocycles. The largest absolute Gasteiger partial charge is 0.490 e. The molecule has 1 N–H and O–H groups in total. The van der Waals surface area contributed by atoms with Crippen LogP contribution in [0.25, 0.3) is 10.9 Å². The minimum atomic E-state index is -0.615. The fraction of sp³-hybridized carbons (Fsp3) is 0.148. The molecule has 35 heavy (non-hydrogen) atoms. The second-order valence-electron chi connectivity index (χ2n) is 7.69. The fourth-order valence-electron chi connectivity index (χ4n) is 3.61. The van der Waals surface area contributed by atoms with Crippen LogP contribution < -0.4 is 20.7 Å². The zero-order valence-electron chi connectivity index (χ0n) is 19.2. The second kappa shape index (κ2) is 11.0. The summed E-state index contributed by atoms with van der Waals surface area (Å²) in [5, 5.41) is 4.55. The zero-order chi connectivity index (χ0) is 24.8. The fourth-order valence-corrected chi connectivity index (χ4v) is 3.87. The van der Waals surface area contributed by atoms with Crippen LogP contribution in [0.2, 0.25) is 0 Å². The van der Waals surface area contributed by atoms with Gasteiger partial charge in [-0.05, 0) is 60.9 Å². The summed E-state index contributed by atoms with van der Waals surface area (Å²) in [5.74, 6) is 1.16. The maximum absolute atomic E-state index is 12.8. The lowest BCUT2D eigenvalue weighted by Gasteiger charge is -2.17. The van der Waals surface area contributed by atoms with E-state index >= 15 is 0 Å². The molecule has 3 aromatic carbocycles. The number of hydrogen-bond donors (Lipinski definition) is 1. The van der Waals surface area contributed by atoms with Gasteiger partial charge in [-0.2, -0.15) is 5.10 Å². The molecule has 4 rings (SSSR count). The molecule has 0 aliphatic rings. The topological polar surface area (TPSA) is 85.7 Å². The summed E-state index contributed by atoms with van der Waals surface area (Å²) < 4.78 is 13.8. The Hall–Kier alpha value is -3.91. The third-order valence-electron chi connectivity index (χ3n) is 5.22. The first-order chi connectivity index (χ1) is 17.0. The molecular formula is C27H24BrN3O4. The highest BCUT2D eigenvalue weighted by atomic mass is 79.9. The van der Waals surface area contributed by atoms with Crippen molar-refractivity contribution < 1.29 is 9.47 Å². The number of nitrogens with one attached hydrogen (secondary N) is 1. The van der Waals surface area contributed by atoms with E-state index < -0.39 is 11.2 Å². The van der Waals surface area contributed by atoms with Crippen LogP contribution in [-0.2, 0) is 13.0 Å². The van der Waals surface area contributed by atoms with Gasteiger partial charge in [0.2, 0.25) is 0 Å². The Morgan fingerprint density at radius 1 is 1.09 bits per heavy atom. The van der Waals surface area contributed by atoms with Gasteiger partial charge in [0.25, 0.3) is 5.56 Å². The SMILES string of the molecule is C=CCc1cc(C=Nn2c(=O)[nH]c3ccccc3c2=O)cc(OCC)c1OCc1ccc(Br)cc1. The van der Waals surface area contributed by atoms with E-state index in [-0.39, 0.29) is 0 Å². The van der Waals surface area contributed by atoms with Crippen molar-refractivity contribution in [3.63, 3.8) is 0 Å². The number of nitrogens with zero attached hydrogens (tertiary/aromatic N) is 2. The van der Waals surface area contributed by atoms with Crippen molar-refractivity contribution in [1.29, 1.82) is 0 Å². The van der Waals surface area contributed by atoms with Gasteiger partial charge in [-0.1, -0.05) is 46.3 Å². The third kappa shape index (κ3) is 5.60. The van der Waals surface area contributed by atoms with Crippen LogP contribution in [0.5, 0.6) is 11.5 Å². The number of para-hydroxylation sites is 1. The predicted octanol–water partition coefficient (Wildman–Crippen LogP) is 5.04. The molecule has 0 atom stereocenters. The maximum atomic E-state index is 12.8. The van der Waals surface area contributed by atoms with Crippen molar-refractivity contribution >= 4 is 33.0 Å². The molecule has 0 radical (unpaired) electrons.